The van der Waals surface area contributed by atoms with Crippen molar-refractivity contribution < 1.29 is 9.13 Å². The molecular weight excluding hydrogens is 333 g/mol. The molecule has 1 fully saturated rings. The van der Waals surface area contributed by atoms with Crippen LogP contribution in [0.15, 0.2) is 22.7 Å². The lowest BCUT2D eigenvalue weighted by Crippen LogP contribution is -2.39. The smallest absolute Gasteiger partial charge is 0.124 e. The molecule has 1 saturated carbocycles. The second-order valence-electron chi connectivity index (χ2n) is 5.84. The van der Waals surface area contributed by atoms with E-state index in [1.54, 1.807) is 6.07 Å². The van der Waals surface area contributed by atoms with E-state index in [1.165, 1.54) is 30.9 Å². The van der Waals surface area contributed by atoms with Gasteiger partial charge < -0.3 is 10.1 Å². The number of ether oxygens (including phenoxy) is 1. The molecule has 0 saturated heterocycles. The van der Waals surface area contributed by atoms with Gasteiger partial charge in [0.2, 0.25) is 0 Å². The number of rotatable bonds is 8. The van der Waals surface area contributed by atoms with Gasteiger partial charge in [-0.3, -0.25) is 0 Å². The molecule has 1 unspecified atom stereocenters. The zero-order chi connectivity index (χ0) is 15.2. The Morgan fingerprint density at radius 2 is 2.14 bits per heavy atom. The van der Waals surface area contributed by atoms with Gasteiger partial charge in [0.05, 0.1) is 6.10 Å². The molecule has 0 spiro atoms. The van der Waals surface area contributed by atoms with Crippen LogP contribution in [0.3, 0.4) is 0 Å². The molecule has 2 rings (SSSR count). The van der Waals surface area contributed by atoms with E-state index in [0.29, 0.717) is 12.1 Å². The average Bonchev–Trinajstić information content (AvgIpc) is 2.39. The third kappa shape index (κ3) is 5.04. The molecule has 0 heterocycles. The maximum atomic E-state index is 13.2. The Morgan fingerprint density at radius 1 is 1.38 bits per heavy atom. The summed E-state index contributed by atoms with van der Waals surface area (Å²) in [5, 5.41) is 3.56. The summed E-state index contributed by atoms with van der Waals surface area (Å²) in [5.74, 6) is 0.564. The molecule has 0 amide bonds. The molecule has 1 atom stereocenters. The Hall–Kier alpha value is -0.450. The highest BCUT2D eigenvalue weighted by atomic mass is 79.9. The number of benzene rings is 1. The first kappa shape index (κ1) is 16.9. The minimum absolute atomic E-state index is 0.191. The van der Waals surface area contributed by atoms with Gasteiger partial charge in [-0.05, 0) is 62.8 Å². The van der Waals surface area contributed by atoms with Crippen LogP contribution < -0.4 is 5.32 Å². The molecule has 1 aliphatic carbocycles. The lowest BCUT2D eigenvalue weighted by atomic mass is 9.77. The van der Waals surface area contributed by atoms with Crippen molar-refractivity contribution in [2.45, 2.75) is 51.7 Å². The zero-order valence-corrected chi connectivity index (χ0v) is 14.5. The molecule has 0 bridgehead atoms. The summed E-state index contributed by atoms with van der Waals surface area (Å²) >= 11 is 3.47. The molecule has 1 N–H and O–H groups in total. The monoisotopic (exact) mass is 357 g/mol. The van der Waals surface area contributed by atoms with E-state index in [2.05, 4.69) is 35.1 Å². The number of likely N-dealkylation sites (N-methyl/N-ethyl adjacent to an activating group) is 1. The SMILES string of the molecule is CCNC(Cc1ccc(F)cc1Br)CC1CC(OCC)C1. The van der Waals surface area contributed by atoms with Crippen LogP contribution in [0.2, 0.25) is 0 Å². The predicted molar refractivity (Wildman–Crippen MR) is 88.0 cm³/mol. The third-order valence-corrected chi connectivity index (χ3v) is 4.93. The van der Waals surface area contributed by atoms with Gasteiger partial charge >= 0.3 is 0 Å². The molecule has 2 nitrogen and oxygen atoms in total. The van der Waals surface area contributed by atoms with Crippen molar-refractivity contribution in [3.05, 3.63) is 34.1 Å². The van der Waals surface area contributed by atoms with Crippen molar-refractivity contribution in [2.75, 3.05) is 13.2 Å². The lowest BCUT2D eigenvalue weighted by molar-refractivity contribution is -0.0289. The second kappa shape index (κ2) is 8.25. The highest BCUT2D eigenvalue weighted by molar-refractivity contribution is 9.10. The Bertz CT molecular complexity index is 448. The molecule has 4 heteroatoms. The zero-order valence-electron chi connectivity index (χ0n) is 12.9. The molecule has 0 aliphatic heterocycles. The van der Waals surface area contributed by atoms with Crippen LogP contribution in [0.1, 0.15) is 38.7 Å². The van der Waals surface area contributed by atoms with Crippen molar-refractivity contribution in [1.29, 1.82) is 0 Å². The van der Waals surface area contributed by atoms with Crippen LogP contribution in [0.25, 0.3) is 0 Å². The Kier molecular flexibility index (Phi) is 6.65. The van der Waals surface area contributed by atoms with Crippen molar-refractivity contribution in [3.63, 3.8) is 0 Å². The first-order valence-electron chi connectivity index (χ1n) is 7.91. The second-order valence-corrected chi connectivity index (χ2v) is 6.70. The fraction of sp³-hybridized carbons (Fsp3) is 0.647. The summed E-state index contributed by atoms with van der Waals surface area (Å²) in [7, 11) is 0. The van der Waals surface area contributed by atoms with Crippen LogP contribution in [0.5, 0.6) is 0 Å². The minimum Gasteiger partial charge on any atom is -0.378 e. The number of halogens is 2. The molecule has 0 radical (unpaired) electrons. The maximum Gasteiger partial charge on any atom is 0.124 e. The van der Waals surface area contributed by atoms with Crippen LogP contribution >= 0.6 is 15.9 Å². The number of hydrogen-bond donors (Lipinski definition) is 1. The average molecular weight is 358 g/mol. The van der Waals surface area contributed by atoms with E-state index >= 15 is 0 Å². The highest BCUT2D eigenvalue weighted by Crippen LogP contribution is 2.34. The summed E-state index contributed by atoms with van der Waals surface area (Å²) in [6, 6.07) is 5.42. The molecule has 118 valence electrons. The summed E-state index contributed by atoms with van der Waals surface area (Å²) in [4.78, 5) is 0. The third-order valence-electron chi connectivity index (χ3n) is 4.19. The minimum atomic E-state index is -0.191. The van der Waals surface area contributed by atoms with Crippen molar-refractivity contribution in [1.82, 2.24) is 5.32 Å². The predicted octanol–water partition coefficient (Wildman–Crippen LogP) is 4.31. The first-order valence-corrected chi connectivity index (χ1v) is 8.70. The van der Waals surface area contributed by atoms with Gasteiger partial charge in [-0.1, -0.05) is 28.9 Å². The van der Waals surface area contributed by atoms with Crippen LogP contribution in [-0.2, 0) is 11.2 Å². The lowest BCUT2D eigenvalue weighted by Gasteiger charge is -2.37. The summed E-state index contributed by atoms with van der Waals surface area (Å²) in [6.45, 7) is 5.97. The molecule has 1 aliphatic rings. The first-order chi connectivity index (χ1) is 10.1. The van der Waals surface area contributed by atoms with Crippen LogP contribution in [0, 0.1) is 11.7 Å². The van der Waals surface area contributed by atoms with Crippen LogP contribution in [-0.4, -0.2) is 25.3 Å². The fourth-order valence-corrected chi connectivity index (χ4v) is 3.63. The van der Waals surface area contributed by atoms with Gasteiger partial charge in [-0.2, -0.15) is 0 Å². The molecule has 1 aromatic rings. The van der Waals surface area contributed by atoms with E-state index in [9.17, 15) is 4.39 Å². The summed E-state index contributed by atoms with van der Waals surface area (Å²) in [5.41, 5.74) is 1.17. The normalized spacial score (nSPS) is 22.9. The molecule has 0 aromatic heterocycles. The van der Waals surface area contributed by atoms with E-state index in [0.717, 1.165) is 30.0 Å². The number of nitrogens with one attached hydrogen (secondary N) is 1. The van der Waals surface area contributed by atoms with E-state index < -0.39 is 0 Å². The molecule has 1 aromatic carbocycles. The van der Waals surface area contributed by atoms with Crippen molar-refractivity contribution >= 4 is 15.9 Å². The van der Waals surface area contributed by atoms with E-state index in [1.807, 2.05) is 6.07 Å². The van der Waals surface area contributed by atoms with Gasteiger partial charge in [0, 0.05) is 17.1 Å². The largest absolute Gasteiger partial charge is 0.378 e. The Morgan fingerprint density at radius 3 is 2.76 bits per heavy atom. The van der Waals surface area contributed by atoms with Crippen molar-refractivity contribution in [3.8, 4) is 0 Å². The quantitative estimate of drug-likeness (QED) is 0.748. The van der Waals surface area contributed by atoms with Gasteiger partial charge in [-0.15, -0.1) is 0 Å². The van der Waals surface area contributed by atoms with Gasteiger partial charge in [-0.25, -0.2) is 4.39 Å². The van der Waals surface area contributed by atoms with Gasteiger partial charge in [0.1, 0.15) is 5.82 Å². The van der Waals surface area contributed by atoms with E-state index in [-0.39, 0.29) is 5.82 Å². The highest BCUT2D eigenvalue weighted by Gasteiger charge is 2.31. The fourth-order valence-electron chi connectivity index (χ4n) is 3.12. The topological polar surface area (TPSA) is 21.3 Å². The van der Waals surface area contributed by atoms with Crippen molar-refractivity contribution in [2.24, 2.45) is 5.92 Å². The molecular formula is C17H25BrFNO. The van der Waals surface area contributed by atoms with Gasteiger partial charge in [0.15, 0.2) is 0 Å². The molecule has 21 heavy (non-hydrogen) atoms. The summed E-state index contributed by atoms with van der Waals surface area (Å²) in [6.07, 6.45) is 4.94. The Balaban J connectivity index is 1.87. The maximum absolute atomic E-state index is 13.2. The van der Waals surface area contributed by atoms with Gasteiger partial charge in [0.25, 0.3) is 0 Å². The summed E-state index contributed by atoms with van der Waals surface area (Å²) < 4.78 is 19.7. The van der Waals surface area contributed by atoms with E-state index in [4.69, 9.17) is 4.74 Å². The number of hydrogen-bond acceptors (Lipinski definition) is 2. The Labute approximate surface area is 135 Å². The standard InChI is InChI=1S/C17H25BrFNO/c1-3-20-15(7-12-8-16(9-12)21-4-2)10-13-5-6-14(19)11-17(13)18/h5-6,11-12,15-16,20H,3-4,7-10H2,1-2H3. The van der Waals surface area contributed by atoms with Crippen LogP contribution in [0.4, 0.5) is 4.39 Å².